The van der Waals surface area contributed by atoms with E-state index >= 15 is 0 Å². The second-order valence-electron chi connectivity index (χ2n) is 10.1. The first-order chi connectivity index (χ1) is 14.9. The van der Waals surface area contributed by atoms with E-state index in [2.05, 4.69) is 70.2 Å². The lowest BCUT2D eigenvalue weighted by Crippen LogP contribution is -2.23. The van der Waals surface area contributed by atoms with Crippen LogP contribution in [0.1, 0.15) is 102 Å². The van der Waals surface area contributed by atoms with Gasteiger partial charge in [-0.15, -0.1) is 0 Å². The van der Waals surface area contributed by atoms with E-state index in [1.807, 2.05) is 6.07 Å². The van der Waals surface area contributed by atoms with Crippen LogP contribution in [0.15, 0.2) is 48.5 Å². The smallest absolute Gasteiger partial charge is 0.133 e. The van der Waals surface area contributed by atoms with Gasteiger partial charge in [-0.05, 0) is 52.8 Å². The van der Waals surface area contributed by atoms with Gasteiger partial charge in [0.2, 0.25) is 0 Å². The molecule has 1 saturated carbocycles. The van der Waals surface area contributed by atoms with E-state index in [1.54, 1.807) is 0 Å². The molecule has 0 saturated heterocycles. The minimum atomic E-state index is 0.116. The van der Waals surface area contributed by atoms with Crippen LogP contribution in [0.25, 0.3) is 0 Å². The van der Waals surface area contributed by atoms with E-state index in [0.29, 0.717) is 24.7 Å². The first-order valence-corrected chi connectivity index (χ1v) is 12.2. The molecular formula is C29H40O2. The van der Waals surface area contributed by atoms with E-state index < -0.39 is 0 Å². The Hall–Kier alpha value is -2.09. The summed E-state index contributed by atoms with van der Waals surface area (Å²) in [5, 5.41) is 0. The minimum absolute atomic E-state index is 0.116. The topological polar surface area (TPSA) is 26.3 Å². The average molecular weight is 421 g/mol. The van der Waals surface area contributed by atoms with Crippen LogP contribution in [0.5, 0.6) is 5.75 Å². The highest BCUT2D eigenvalue weighted by Crippen LogP contribution is 2.42. The highest BCUT2D eigenvalue weighted by Gasteiger charge is 2.31. The lowest BCUT2D eigenvalue weighted by atomic mass is 9.74. The summed E-state index contributed by atoms with van der Waals surface area (Å²) in [6, 6.07) is 17.2. The predicted molar refractivity (Wildman–Crippen MR) is 130 cm³/mol. The Bertz CT molecular complexity index is 837. The second-order valence-corrected chi connectivity index (χ2v) is 10.1. The zero-order valence-corrected chi connectivity index (χ0v) is 20.0. The number of carbonyl (C=O) groups is 1. The Labute approximate surface area is 189 Å². The summed E-state index contributed by atoms with van der Waals surface area (Å²) in [7, 11) is 0. The predicted octanol–water partition coefficient (Wildman–Crippen LogP) is 7.99. The first-order valence-electron chi connectivity index (χ1n) is 12.2. The number of ketones is 1. The van der Waals surface area contributed by atoms with E-state index in [4.69, 9.17) is 4.74 Å². The van der Waals surface area contributed by atoms with Gasteiger partial charge in [0.15, 0.2) is 0 Å². The first kappa shape index (κ1) is 23.6. The molecule has 0 radical (unpaired) electrons. The fraction of sp³-hybridized carbons (Fsp3) is 0.552. The van der Waals surface area contributed by atoms with E-state index in [9.17, 15) is 4.79 Å². The molecule has 0 N–H and O–H groups in total. The van der Waals surface area contributed by atoms with Crippen LogP contribution < -0.4 is 4.74 Å². The summed E-state index contributed by atoms with van der Waals surface area (Å²) in [5.41, 5.74) is 3.84. The van der Waals surface area contributed by atoms with Crippen molar-refractivity contribution in [2.45, 2.75) is 97.0 Å². The highest BCUT2D eigenvalue weighted by molar-refractivity contribution is 5.80. The lowest BCUT2D eigenvalue weighted by Gasteiger charge is -2.31. The van der Waals surface area contributed by atoms with Crippen molar-refractivity contribution in [3.05, 3.63) is 65.2 Å². The van der Waals surface area contributed by atoms with E-state index in [-0.39, 0.29) is 11.3 Å². The minimum Gasteiger partial charge on any atom is -0.489 e. The van der Waals surface area contributed by atoms with Gasteiger partial charge in [-0.25, -0.2) is 0 Å². The molecule has 2 atom stereocenters. The molecule has 3 rings (SSSR count). The van der Waals surface area contributed by atoms with Crippen LogP contribution in [0.2, 0.25) is 0 Å². The Morgan fingerprint density at radius 3 is 2.55 bits per heavy atom. The van der Waals surface area contributed by atoms with Crippen LogP contribution in [0.3, 0.4) is 0 Å². The van der Waals surface area contributed by atoms with Crippen molar-refractivity contribution >= 4 is 5.78 Å². The Balaban J connectivity index is 1.86. The number of hydrogen-bond donors (Lipinski definition) is 0. The average Bonchev–Trinajstić information content (AvgIpc) is 2.77. The van der Waals surface area contributed by atoms with Gasteiger partial charge < -0.3 is 4.74 Å². The van der Waals surface area contributed by atoms with E-state index in [0.717, 1.165) is 18.6 Å². The second kappa shape index (κ2) is 11.0. The van der Waals surface area contributed by atoms with E-state index in [1.165, 1.54) is 48.8 Å². The molecule has 168 valence electrons. The number of rotatable bonds is 10. The number of Topliss-reactive ketones (excluding diaryl/α,β-unsaturated/α-hetero) is 1. The van der Waals surface area contributed by atoms with Crippen molar-refractivity contribution < 1.29 is 9.53 Å². The SMILES string of the molecule is CCCCCCC(C)(C)c1ccc(C2CC(=O)CCC2C)c(OCc2ccccc2)c1. The van der Waals surface area contributed by atoms with Crippen LogP contribution >= 0.6 is 0 Å². The van der Waals surface area contributed by atoms with Gasteiger partial charge in [-0.1, -0.05) is 95.8 Å². The van der Waals surface area contributed by atoms with Crippen LogP contribution in [-0.4, -0.2) is 5.78 Å². The molecular weight excluding hydrogens is 380 g/mol. The molecule has 1 aliphatic rings. The number of benzene rings is 2. The van der Waals surface area contributed by atoms with Gasteiger partial charge >= 0.3 is 0 Å². The Morgan fingerprint density at radius 1 is 1.03 bits per heavy atom. The summed E-state index contributed by atoms with van der Waals surface area (Å²) in [6.45, 7) is 9.80. The maximum atomic E-state index is 12.2. The molecule has 2 nitrogen and oxygen atoms in total. The summed E-state index contributed by atoms with van der Waals surface area (Å²) in [4.78, 5) is 12.2. The third kappa shape index (κ3) is 6.45. The van der Waals surface area contributed by atoms with Gasteiger partial charge in [0.25, 0.3) is 0 Å². The lowest BCUT2D eigenvalue weighted by molar-refractivity contribution is -0.121. The van der Waals surface area contributed by atoms with Crippen LogP contribution in [0, 0.1) is 5.92 Å². The van der Waals surface area contributed by atoms with Crippen molar-refractivity contribution in [3.63, 3.8) is 0 Å². The summed E-state index contributed by atoms with van der Waals surface area (Å²) >= 11 is 0. The zero-order valence-electron chi connectivity index (χ0n) is 20.0. The monoisotopic (exact) mass is 420 g/mol. The Morgan fingerprint density at radius 2 is 1.81 bits per heavy atom. The zero-order chi connectivity index (χ0) is 22.3. The molecule has 0 aliphatic heterocycles. The van der Waals surface area contributed by atoms with Crippen LogP contribution in [-0.2, 0) is 16.8 Å². The largest absolute Gasteiger partial charge is 0.489 e. The molecule has 0 amide bonds. The number of unbranched alkanes of at least 4 members (excludes halogenated alkanes) is 3. The fourth-order valence-electron chi connectivity index (χ4n) is 4.81. The van der Waals surface area contributed by atoms with Gasteiger partial charge in [-0.2, -0.15) is 0 Å². The molecule has 0 spiro atoms. The van der Waals surface area contributed by atoms with Crippen molar-refractivity contribution in [2.24, 2.45) is 5.92 Å². The molecule has 0 bridgehead atoms. The van der Waals surface area contributed by atoms with Crippen molar-refractivity contribution in [2.75, 3.05) is 0 Å². The van der Waals surface area contributed by atoms with Crippen molar-refractivity contribution in [3.8, 4) is 5.75 Å². The molecule has 2 heteroatoms. The summed E-state index contributed by atoms with van der Waals surface area (Å²) in [6.07, 6.45) is 8.67. The highest BCUT2D eigenvalue weighted by atomic mass is 16.5. The standard InChI is InChI=1S/C29H40O2/c1-5-6-7-11-18-29(3,4)24-15-17-26(27-20-25(30)16-14-22(27)2)28(19-24)31-21-23-12-9-8-10-13-23/h8-10,12-13,15,17,19,22,27H,5-7,11,14,16,18,20-21H2,1-4H3. The molecule has 2 aromatic rings. The quantitative estimate of drug-likeness (QED) is 0.364. The van der Waals surface area contributed by atoms with Gasteiger partial charge in [0.05, 0.1) is 0 Å². The maximum absolute atomic E-state index is 12.2. The molecule has 0 aromatic heterocycles. The van der Waals surface area contributed by atoms with Crippen LogP contribution in [0.4, 0.5) is 0 Å². The molecule has 31 heavy (non-hydrogen) atoms. The normalized spacial score (nSPS) is 19.4. The number of carbonyl (C=O) groups excluding carboxylic acids is 1. The molecule has 2 unspecified atom stereocenters. The third-order valence-electron chi connectivity index (χ3n) is 7.10. The molecule has 2 aromatic carbocycles. The molecule has 1 fully saturated rings. The molecule has 1 aliphatic carbocycles. The number of hydrogen-bond acceptors (Lipinski definition) is 2. The summed E-state index contributed by atoms with van der Waals surface area (Å²) in [5.74, 6) is 2.12. The third-order valence-corrected chi connectivity index (χ3v) is 7.10. The van der Waals surface area contributed by atoms with Gasteiger partial charge in [0.1, 0.15) is 18.1 Å². The Kier molecular flexibility index (Phi) is 8.35. The maximum Gasteiger partial charge on any atom is 0.133 e. The summed E-state index contributed by atoms with van der Waals surface area (Å²) < 4.78 is 6.43. The van der Waals surface area contributed by atoms with Gasteiger partial charge in [-0.3, -0.25) is 4.79 Å². The van der Waals surface area contributed by atoms with Gasteiger partial charge in [0, 0.05) is 12.8 Å². The molecule has 0 heterocycles. The van der Waals surface area contributed by atoms with Crippen molar-refractivity contribution in [1.29, 1.82) is 0 Å². The number of ether oxygens (including phenoxy) is 1. The van der Waals surface area contributed by atoms with Crippen molar-refractivity contribution in [1.82, 2.24) is 0 Å². The fourth-order valence-corrected chi connectivity index (χ4v) is 4.81.